The number of aryl methyl sites for hydroxylation is 9. The summed E-state index contributed by atoms with van der Waals surface area (Å²) in [6.07, 6.45) is 23.7. The van der Waals surface area contributed by atoms with E-state index in [0.29, 0.717) is 36.7 Å². The van der Waals surface area contributed by atoms with Crippen molar-refractivity contribution >= 4 is 150 Å². The van der Waals surface area contributed by atoms with Crippen molar-refractivity contribution in [3.8, 4) is 53.5 Å². The second kappa shape index (κ2) is 55.1. The molecule has 0 aliphatic carbocycles. The Bertz CT molecular complexity index is 6920. The number of nitrogens with zero attached hydrogens (tertiary/aromatic N) is 10. The fourth-order valence-corrected chi connectivity index (χ4v) is 20.7. The maximum atomic E-state index is 11.0. The first-order valence-electron chi connectivity index (χ1n) is 48.3. The van der Waals surface area contributed by atoms with Gasteiger partial charge in [-0.05, 0) is 260 Å². The number of hydrogen-bond donors (Lipinski definition) is 10. The van der Waals surface area contributed by atoms with E-state index in [1.807, 2.05) is 161 Å². The number of nitrogens with one attached hydrogen (secondary N) is 5. The Balaban J connectivity index is 0.000000172. The fraction of sp³-hybridized carbons (Fsp3) is 0.272. The van der Waals surface area contributed by atoms with Crippen LogP contribution in [-0.2, 0) is 115 Å². The number of allylic oxidation sites excluding steroid dienone is 4. The van der Waals surface area contributed by atoms with Gasteiger partial charge in [0.25, 0.3) is 0 Å². The average Bonchev–Trinajstić information content (AvgIpc) is 1.51. The van der Waals surface area contributed by atoms with Crippen LogP contribution in [0.4, 0.5) is 57.5 Å². The van der Waals surface area contributed by atoms with E-state index < -0.39 is 29.8 Å². The van der Waals surface area contributed by atoms with Gasteiger partial charge in [-0.25, -0.2) is 54.6 Å². The van der Waals surface area contributed by atoms with Gasteiger partial charge in [-0.1, -0.05) is 154 Å². The van der Waals surface area contributed by atoms with E-state index in [2.05, 4.69) is 161 Å². The Hall–Kier alpha value is -14.7. The van der Waals surface area contributed by atoms with Crippen molar-refractivity contribution in [1.82, 2.24) is 49.8 Å². The van der Waals surface area contributed by atoms with Gasteiger partial charge in [-0.2, -0.15) is 0 Å². The van der Waals surface area contributed by atoms with Gasteiger partial charge in [0.15, 0.2) is 29.1 Å². The first-order valence-corrected chi connectivity index (χ1v) is 52.4. The highest BCUT2D eigenvalue weighted by Crippen LogP contribution is 2.39. The molecule has 746 valence electrons. The molecule has 0 fully saturated rings. The van der Waals surface area contributed by atoms with Crippen LogP contribution < -0.4 is 26.6 Å². The number of aromatic carboxylic acids is 1. The van der Waals surface area contributed by atoms with Crippen molar-refractivity contribution in [2.45, 2.75) is 205 Å². The van der Waals surface area contributed by atoms with Crippen LogP contribution in [0.5, 0.6) is 0 Å². The summed E-state index contributed by atoms with van der Waals surface area (Å²) in [5.41, 5.74) is 17.6. The lowest BCUT2D eigenvalue weighted by atomic mass is 10.1. The number of anilines is 10. The number of aromatic nitrogens is 10. The molecule has 15 rings (SSSR count). The Morgan fingerprint density at radius 1 is 0.299 bits per heavy atom. The molecule has 144 heavy (non-hydrogen) atoms. The first-order chi connectivity index (χ1) is 69.6. The number of benzene rings is 5. The number of rotatable bonds is 43. The number of carboxylic acids is 5. The van der Waals surface area contributed by atoms with Gasteiger partial charge in [-0.3, -0.25) is 19.2 Å². The zero-order valence-corrected chi connectivity index (χ0v) is 87.6. The molecule has 10 aromatic heterocycles. The second-order valence-corrected chi connectivity index (χ2v) is 39.5. The molecular formula is C114H125N15O10S5. The summed E-state index contributed by atoms with van der Waals surface area (Å²) in [5, 5.41) is 61.7. The third-order valence-corrected chi connectivity index (χ3v) is 28.2. The molecule has 10 heterocycles. The lowest BCUT2D eigenvalue weighted by molar-refractivity contribution is -0.137. The molecule has 0 saturated carbocycles. The number of aliphatic carboxylic acids is 4. The molecule has 0 radical (unpaired) electrons. The highest BCUT2D eigenvalue weighted by atomic mass is 32.1. The first kappa shape index (κ1) is 110. The lowest BCUT2D eigenvalue weighted by Gasteiger charge is -2.15. The van der Waals surface area contributed by atoms with Crippen LogP contribution in [0.25, 0.3) is 59.6 Å². The lowest BCUT2D eigenvalue weighted by Crippen LogP contribution is -2.07. The van der Waals surface area contributed by atoms with E-state index in [1.165, 1.54) is 19.5 Å². The number of thiophene rings is 5. The number of carboxylic acid groups (broad SMARTS) is 5. The third kappa shape index (κ3) is 31.9. The van der Waals surface area contributed by atoms with Gasteiger partial charge in [0.2, 0.25) is 0 Å². The summed E-state index contributed by atoms with van der Waals surface area (Å²) in [6, 6.07) is 57.4. The highest BCUT2D eigenvalue weighted by molar-refractivity contribution is 7.17. The molecule has 0 spiro atoms. The van der Waals surface area contributed by atoms with Crippen LogP contribution in [0.15, 0.2) is 226 Å². The van der Waals surface area contributed by atoms with Crippen LogP contribution in [0.2, 0.25) is 0 Å². The Morgan fingerprint density at radius 2 is 0.556 bits per heavy atom. The highest BCUT2D eigenvalue weighted by Gasteiger charge is 2.23. The summed E-state index contributed by atoms with van der Waals surface area (Å²) < 4.78 is 0. The zero-order valence-electron chi connectivity index (χ0n) is 83.6. The summed E-state index contributed by atoms with van der Waals surface area (Å²) >= 11 is 8.61. The largest absolute Gasteiger partial charge is 0.481 e. The van der Waals surface area contributed by atoms with E-state index in [1.54, 1.807) is 80.9 Å². The van der Waals surface area contributed by atoms with Crippen LogP contribution >= 0.6 is 56.7 Å². The number of hydrogen-bond acceptors (Lipinski definition) is 25. The maximum Gasteiger partial charge on any atom is 0.335 e. The molecule has 5 aromatic carbocycles. The molecule has 10 N–H and O–H groups in total. The van der Waals surface area contributed by atoms with Gasteiger partial charge >= 0.3 is 29.8 Å². The topological polar surface area (TPSA) is 376 Å². The molecular weight excluding hydrogens is 1900 g/mol. The minimum atomic E-state index is -0.950. The van der Waals surface area contributed by atoms with Gasteiger partial charge in [0, 0.05) is 109 Å². The van der Waals surface area contributed by atoms with Gasteiger partial charge < -0.3 is 52.1 Å². The summed E-state index contributed by atoms with van der Waals surface area (Å²) in [5.74, 6) is 3.19. The number of carbonyl (C=O) groups is 5. The predicted octanol–water partition coefficient (Wildman–Crippen LogP) is 28.2. The minimum absolute atomic E-state index is 0.0111. The molecule has 30 heteroatoms. The molecule has 15 aromatic rings. The van der Waals surface area contributed by atoms with Crippen LogP contribution in [0.1, 0.15) is 201 Å². The average molecular weight is 2030 g/mol. The second-order valence-electron chi connectivity index (χ2n) is 33.8. The molecule has 0 bridgehead atoms. The smallest absolute Gasteiger partial charge is 0.335 e. The van der Waals surface area contributed by atoms with Crippen molar-refractivity contribution in [3.05, 3.63) is 335 Å². The standard InChI is InChI=1S/C24H27N3O2S.C23H25N3O2S.C23H27N3O2S.C22H25N3O2S.C22H21N3O2S/c1-4-7-18-13-14-21(30-18)24-26-20(6-3)19(8-5-2)23(27-24)25-17-11-9-16(10-12-17)15-22(28)29;1-4-6-18-12-13-20(29-18)23-24-15(3)19(7-5-2)22(26-23)25-17-10-8-16(9-11-17)14-21(27)28;1-4-7-17-12-13-20(29-17)23-25-19(6-3)18(5-2)22(26-23)24-16-10-8-15(9-11-16)14-21(27)28;1-4-6-17-11-12-19(28-17)22-23-14(3)18(5-2)21(25-22)24-16-9-7-15(8-10-16)13-20(26)27;1-4-6-17-12-13-19(28-17)21-23-14(3)18(7-5-2)20(25-21)24-16-10-8-15(9-11-16)22(26)27/h5,9-14H,2,4,6-8,15H2,1,3H3,(H,28,29)(H,25,26,27);5,8-13H,2,4,6-7,14H2,1,3H3,(H,27,28)(H,24,25,26);8-13H,4-7,14H2,1-3H3,(H,27,28)(H,24,25,26);7-12H,4-6,13H2,1-3H3,(H,26,27)(H,23,24,25);4-6,8-13H,2,7H2,1,3H3,(H,26,27)(H,23,24,25)/b;;;;6-4-. The predicted molar refractivity (Wildman–Crippen MR) is 592 cm³/mol. The fourth-order valence-electron chi connectivity index (χ4n) is 15.6. The van der Waals surface area contributed by atoms with E-state index in [0.717, 1.165) is 254 Å². The Labute approximate surface area is 862 Å². The van der Waals surface area contributed by atoms with Gasteiger partial charge in [-0.15, -0.1) is 76.4 Å². The monoisotopic (exact) mass is 2020 g/mol. The summed E-state index contributed by atoms with van der Waals surface area (Å²) in [4.78, 5) is 114. The van der Waals surface area contributed by atoms with E-state index >= 15 is 0 Å². The molecule has 0 amide bonds. The van der Waals surface area contributed by atoms with Crippen LogP contribution in [-0.4, -0.2) is 105 Å². The zero-order chi connectivity index (χ0) is 103. The van der Waals surface area contributed by atoms with Crippen molar-refractivity contribution in [1.29, 1.82) is 0 Å². The Kier molecular flexibility index (Phi) is 42.0. The van der Waals surface area contributed by atoms with E-state index in [-0.39, 0.29) is 31.2 Å². The van der Waals surface area contributed by atoms with Crippen molar-refractivity contribution < 1.29 is 49.5 Å². The maximum absolute atomic E-state index is 11.0. The summed E-state index contributed by atoms with van der Waals surface area (Å²) in [7, 11) is 0. The third-order valence-electron chi connectivity index (χ3n) is 22.6. The molecule has 0 unspecified atom stereocenters. The van der Waals surface area contributed by atoms with E-state index in [9.17, 15) is 24.0 Å². The quantitative estimate of drug-likeness (QED) is 0.0159. The van der Waals surface area contributed by atoms with Crippen LogP contribution in [0.3, 0.4) is 0 Å². The van der Waals surface area contributed by atoms with Crippen molar-refractivity contribution in [3.63, 3.8) is 0 Å². The molecule has 0 aliphatic rings. The van der Waals surface area contributed by atoms with Crippen LogP contribution in [0, 0.1) is 20.8 Å². The van der Waals surface area contributed by atoms with Gasteiger partial charge in [0.05, 0.1) is 55.6 Å². The molecule has 25 nitrogen and oxygen atoms in total. The molecule has 0 saturated heterocycles. The van der Waals surface area contributed by atoms with E-state index in [4.69, 9.17) is 70.4 Å². The summed E-state index contributed by atoms with van der Waals surface area (Å²) in [6.45, 7) is 36.7. The molecule has 0 aliphatic heterocycles. The van der Waals surface area contributed by atoms with Crippen molar-refractivity contribution in [2.24, 2.45) is 0 Å². The van der Waals surface area contributed by atoms with Crippen molar-refractivity contribution in [2.75, 3.05) is 26.6 Å². The molecule has 0 atom stereocenters. The minimum Gasteiger partial charge on any atom is -0.481 e. The Morgan fingerprint density at radius 3 is 0.833 bits per heavy atom. The van der Waals surface area contributed by atoms with Gasteiger partial charge in [0.1, 0.15) is 29.1 Å². The SMILES string of the molecule is C=CCc1c(C)nc(-c2ccc(/C=C\C)s2)nc1Nc1ccc(C(=O)O)cc1.C=CCc1c(C)nc(-c2ccc(CCC)s2)nc1Nc1ccc(CC(=O)O)cc1.C=CCc1c(CC)nc(-c2ccc(CCC)s2)nc1Nc1ccc(CC(=O)O)cc1.CCCc1ccc(-c2nc(C)c(CC)c(Nc3ccc(CC(=O)O)cc3)n2)s1.CCCc1ccc(-c2nc(CC)c(CC)c(Nc3ccc(CC(=O)O)cc3)n2)s1. The normalized spacial score (nSPS) is 10.8.